The van der Waals surface area contributed by atoms with Crippen molar-refractivity contribution in [1.29, 1.82) is 0 Å². The molecular formula is C14H31N3O. The maximum Gasteiger partial charge on any atom is 0.223 e. The van der Waals surface area contributed by atoms with Gasteiger partial charge >= 0.3 is 0 Å². The molecule has 0 aromatic carbocycles. The van der Waals surface area contributed by atoms with Crippen molar-refractivity contribution in [2.24, 2.45) is 0 Å². The average molecular weight is 257 g/mol. The Labute approximate surface area is 113 Å². The largest absolute Gasteiger partial charge is 0.346 e. The van der Waals surface area contributed by atoms with Crippen molar-refractivity contribution < 1.29 is 4.79 Å². The zero-order valence-corrected chi connectivity index (χ0v) is 13.1. The summed E-state index contributed by atoms with van der Waals surface area (Å²) < 4.78 is 0. The summed E-state index contributed by atoms with van der Waals surface area (Å²) in [5, 5.41) is 0. The molecule has 0 saturated carbocycles. The maximum atomic E-state index is 11.9. The molecule has 0 unspecified atom stereocenters. The molecule has 108 valence electrons. The van der Waals surface area contributed by atoms with Crippen LogP contribution in [0.2, 0.25) is 0 Å². The fourth-order valence-corrected chi connectivity index (χ4v) is 1.58. The van der Waals surface area contributed by atoms with Crippen molar-refractivity contribution in [2.45, 2.75) is 39.7 Å². The predicted molar refractivity (Wildman–Crippen MR) is 77.8 cm³/mol. The summed E-state index contributed by atoms with van der Waals surface area (Å²) >= 11 is 0. The Hall–Kier alpha value is -0.610. The van der Waals surface area contributed by atoms with Crippen LogP contribution in [0.5, 0.6) is 0 Å². The van der Waals surface area contributed by atoms with Gasteiger partial charge in [0.1, 0.15) is 0 Å². The van der Waals surface area contributed by atoms with Gasteiger partial charge in [0.25, 0.3) is 0 Å². The molecule has 1 amide bonds. The molecular weight excluding hydrogens is 226 g/mol. The lowest BCUT2D eigenvalue weighted by atomic mass is 10.3. The minimum Gasteiger partial charge on any atom is -0.346 e. The van der Waals surface area contributed by atoms with Gasteiger partial charge in [0.2, 0.25) is 5.91 Å². The van der Waals surface area contributed by atoms with Gasteiger partial charge < -0.3 is 14.7 Å². The Kier molecular flexibility index (Phi) is 9.02. The first-order chi connectivity index (χ1) is 8.38. The molecule has 0 rings (SSSR count). The number of nitrogens with zero attached hydrogens (tertiary/aromatic N) is 3. The molecule has 0 aliphatic rings. The van der Waals surface area contributed by atoms with Crippen molar-refractivity contribution in [2.75, 3.05) is 47.3 Å². The van der Waals surface area contributed by atoms with Gasteiger partial charge in [-0.2, -0.15) is 0 Å². The van der Waals surface area contributed by atoms with Crippen LogP contribution in [0.25, 0.3) is 0 Å². The quantitative estimate of drug-likeness (QED) is 0.626. The first-order valence-corrected chi connectivity index (χ1v) is 7.01. The Bertz CT molecular complexity index is 231. The lowest BCUT2D eigenvalue weighted by Crippen LogP contribution is -2.34. The molecule has 0 radical (unpaired) electrons. The fraction of sp³-hybridized carbons (Fsp3) is 0.929. The molecule has 0 aromatic heterocycles. The predicted octanol–water partition coefficient (Wildman–Crippen LogP) is 1.52. The summed E-state index contributed by atoms with van der Waals surface area (Å²) in [7, 11) is 6.08. The molecule has 0 heterocycles. The Morgan fingerprint density at radius 2 is 1.67 bits per heavy atom. The van der Waals surface area contributed by atoms with Gasteiger partial charge in [0.15, 0.2) is 0 Å². The third kappa shape index (κ3) is 7.67. The van der Waals surface area contributed by atoms with E-state index < -0.39 is 0 Å². The third-order valence-electron chi connectivity index (χ3n) is 3.56. The van der Waals surface area contributed by atoms with Gasteiger partial charge in [-0.05, 0) is 47.5 Å². The molecule has 0 aromatic rings. The Morgan fingerprint density at radius 3 is 2.17 bits per heavy atom. The Balaban J connectivity index is 3.74. The van der Waals surface area contributed by atoms with Crippen LogP contribution in [0.1, 0.15) is 33.6 Å². The molecule has 0 aliphatic heterocycles. The third-order valence-corrected chi connectivity index (χ3v) is 3.56. The van der Waals surface area contributed by atoms with Gasteiger partial charge in [-0.25, -0.2) is 0 Å². The Morgan fingerprint density at radius 1 is 1.06 bits per heavy atom. The molecule has 18 heavy (non-hydrogen) atoms. The van der Waals surface area contributed by atoms with E-state index in [0.717, 1.165) is 32.6 Å². The van der Waals surface area contributed by atoms with Crippen LogP contribution in [-0.4, -0.2) is 74.0 Å². The second kappa shape index (κ2) is 9.34. The summed E-state index contributed by atoms with van der Waals surface area (Å²) in [6.45, 7) is 10.2. The highest BCUT2D eigenvalue weighted by Crippen LogP contribution is 1.99. The SMILES string of the molecule is CCN(C)CCC(=O)N(C)CCCN(C)C(C)C. The fourth-order valence-electron chi connectivity index (χ4n) is 1.58. The summed E-state index contributed by atoms with van der Waals surface area (Å²) in [5.74, 6) is 0.252. The van der Waals surface area contributed by atoms with Gasteiger partial charge in [-0.15, -0.1) is 0 Å². The first-order valence-electron chi connectivity index (χ1n) is 7.01. The first kappa shape index (κ1) is 17.4. The minimum atomic E-state index is 0.252. The van der Waals surface area contributed by atoms with Crippen LogP contribution in [0.15, 0.2) is 0 Å². The molecule has 4 heteroatoms. The van der Waals surface area contributed by atoms with E-state index in [2.05, 4.69) is 37.6 Å². The van der Waals surface area contributed by atoms with E-state index in [4.69, 9.17) is 0 Å². The maximum absolute atomic E-state index is 11.9. The topological polar surface area (TPSA) is 26.8 Å². The second-order valence-corrected chi connectivity index (χ2v) is 5.39. The highest BCUT2D eigenvalue weighted by atomic mass is 16.2. The second-order valence-electron chi connectivity index (χ2n) is 5.39. The molecule has 0 atom stereocenters. The van der Waals surface area contributed by atoms with E-state index in [0.29, 0.717) is 12.5 Å². The summed E-state index contributed by atoms with van der Waals surface area (Å²) in [6, 6.07) is 0.573. The number of hydrogen-bond donors (Lipinski definition) is 0. The average Bonchev–Trinajstić information content (AvgIpc) is 2.34. The summed E-state index contributed by atoms with van der Waals surface area (Å²) in [4.78, 5) is 18.2. The molecule has 0 aliphatic carbocycles. The summed E-state index contributed by atoms with van der Waals surface area (Å²) in [5.41, 5.74) is 0. The lowest BCUT2D eigenvalue weighted by Gasteiger charge is -2.23. The van der Waals surface area contributed by atoms with E-state index in [1.54, 1.807) is 0 Å². The molecule has 0 fully saturated rings. The van der Waals surface area contributed by atoms with Gasteiger partial charge in [-0.3, -0.25) is 4.79 Å². The summed E-state index contributed by atoms with van der Waals surface area (Å²) in [6.07, 6.45) is 1.67. The van der Waals surface area contributed by atoms with Crippen LogP contribution in [0.4, 0.5) is 0 Å². The standard InChI is InChI=1S/C14H31N3O/c1-7-15(4)12-9-14(18)17(6)11-8-10-16(5)13(2)3/h13H,7-12H2,1-6H3. The minimum absolute atomic E-state index is 0.252. The van der Waals surface area contributed by atoms with Crippen molar-refractivity contribution >= 4 is 5.91 Å². The monoisotopic (exact) mass is 257 g/mol. The van der Waals surface area contributed by atoms with Crippen molar-refractivity contribution in [3.8, 4) is 0 Å². The van der Waals surface area contributed by atoms with Crippen LogP contribution in [-0.2, 0) is 4.79 Å². The van der Waals surface area contributed by atoms with Crippen molar-refractivity contribution in [3.05, 3.63) is 0 Å². The van der Waals surface area contributed by atoms with E-state index in [9.17, 15) is 4.79 Å². The molecule has 0 bridgehead atoms. The van der Waals surface area contributed by atoms with Crippen LogP contribution < -0.4 is 0 Å². The van der Waals surface area contributed by atoms with E-state index in [1.807, 2.05) is 19.0 Å². The molecule has 0 N–H and O–H groups in total. The van der Waals surface area contributed by atoms with E-state index >= 15 is 0 Å². The number of carbonyl (C=O) groups excluding carboxylic acids is 1. The van der Waals surface area contributed by atoms with Crippen molar-refractivity contribution in [1.82, 2.24) is 14.7 Å². The zero-order valence-electron chi connectivity index (χ0n) is 13.1. The van der Waals surface area contributed by atoms with Crippen LogP contribution in [0, 0.1) is 0 Å². The van der Waals surface area contributed by atoms with Gasteiger partial charge in [-0.1, -0.05) is 6.92 Å². The van der Waals surface area contributed by atoms with Crippen LogP contribution in [0.3, 0.4) is 0 Å². The van der Waals surface area contributed by atoms with Crippen LogP contribution >= 0.6 is 0 Å². The lowest BCUT2D eigenvalue weighted by molar-refractivity contribution is -0.130. The number of amides is 1. The van der Waals surface area contributed by atoms with Gasteiger partial charge in [0.05, 0.1) is 0 Å². The molecule has 4 nitrogen and oxygen atoms in total. The zero-order chi connectivity index (χ0) is 14.1. The highest BCUT2D eigenvalue weighted by Gasteiger charge is 2.10. The van der Waals surface area contributed by atoms with Crippen molar-refractivity contribution in [3.63, 3.8) is 0 Å². The van der Waals surface area contributed by atoms with E-state index in [1.165, 1.54) is 0 Å². The normalized spacial score (nSPS) is 11.6. The number of rotatable bonds is 9. The van der Waals surface area contributed by atoms with E-state index in [-0.39, 0.29) is 5.91 Å². The smallest absolute Gasteiger partial charge is 0.223 e. The molecule has 0 spiro atoms. The number of carbonyl (C=O) groups is 1. The molecule has 0 saturated heterocycles. The number of hydrogen-bond acceptors (Lipinski definition) is 3. The van der Waals surface area contributed by atoms with Gasteiger partial charge in [0, 0.05) is 32.6 Å². The highest BCUT2D eigenvalue weighted by molar-refractivity contribution is 5.76.